The van der Waals surface area contributed by atoms with Gasteiger partial charge in [0.25, 0.3) is 0 Å². The highest BCUT2D eigenvalue weighted by atomic mass is 32.1. The SMILES string of the molecule is Cc1nc2ccc(C3(CCS)COC3)cc2[nH]1. The molecule has 17 heavy (non-hydrogen) atoms. The number of nitrogens with one attached hydrogen (secondary N) is 1. The van der Waals surface area contributed by atoms with E-state index in [9.17, 15) is 0 Å². The van der Waals surface area contributed by atoms with Crippen LogP contribution in [0.5, 0.6) is 0 Å². The number of aromatic nitrogens is 2. The van der Waals surface area contributed by atoms with E-state index < -0.39 is 0 Å². The average molecular weight is 248 g/mol. The molecule has 90 valence electrons. The second-order valence-corrected chi connectivity index (χ2v) is 5.25. The Labute approximate surface area is 106 Å². The van der Waals surface area contributed by atoms with Crippen LogP contribution in [0.2, 0.25) is 0 Å². The lowest BCUT2D eigenvalue weighted by Crippen LogP contribution is -2.47. The molecule has 1 fully saturated rings. The first kappa shape index (κ1) is 11.1. The number of benzene rings is 1. The van der Waals surface area contributed by atoms with Crippen molar-refractivity contribution < 1.29 is 4.74 Å². The number of aryl methyl sites for hydroxylation is 1. The summed E-state index contributed by atoms with van der Waals surface area (Å²) in [6.45, 7) is 3.61. The van der Waals surface area contributed by atoms with Crippen molar-refractivity contribution in [1.82, 2.24) is 9.97 Å². The molecule has 0 spiro atoms. The molecular formula is C13H16N2OS. The molecule has 2 aromatic rings. The molecule has 0 saturated carbocycles. The van der Waals surface area contributed by atoms with Gasteiger partial charge >= 0.3 is 0 Å². The lowest BCUT2D eigenvalue weighted by molar-refractivity contribution is -0.0613. The van der Waals surface area contributed by atoms with Crippen LogP contribution in [0.3, 0.4) is 0 Å². The van der Waals surface area contributed by atoms with E-state index in [0.29, 0.717) is 0 Å². The number of fused-ring (bicyclic) bond motifs is 1. The van der Waals surface area contributed by atoms with Crippen molar-refractivity contribution in [3.8, 4) is 0 Å². The molecule has 4 heteroatoms. The molecule has 3 rings (SSSR count). The molecule has 0 bridgehead atoms. The van der Waals surface area contributed by atoms with Crippen LogP contribution in [-0.4, -0.2) is 28.9 Å². The van der Waals surface area contributed by atoms with Gasteiger partial charge in [0.05, 0.1) is 24.2 Å². The summed E-state index contributed by atoms with van der Waals surface area (Å²) in [4.78, 5) is 7.71. The third kappa shape index (κ3) is 1.76. The highest BCUT2D eigenvalue weighted by Crippen LogP contribution is 2.37. The summed E-state index contributed by atoms with van der Waals surface area (Å²) < 4.78 is 5.40. The monoisotopic (exact) mass is 248 g/mol. The van der Waals surface area contributed by atoms with E-state index in [0.717, 1.165) is 42.2 Å². The minimum Gasteiger partial charge on any atom is -0.379 e. The van der Waals surface area contributed by atoms with Gasteiger partial charge in [0.1, 0.15) is 5.82 Å². The van der Waals surface area contributed by atoms with Gasteiger partial charge in [-0.15, -0.1) is 0 Å². The Morgan fingerprint density at radius 2 is 2.29 bits per heavy atom. The topological polar surface area (TPSA) is 37.9 Å². The van der Waals surface area contributed by atoms with E-state index >= 15 is 0 Å². The minimum atomic E-state index is 0.176. The van der Waals surface area contributed by atoms with Crippen molar-refractivity contribution in [2.75, 3.05) is 19.0 Å². The zero-order valence-electron chi connectivity index (χ0n) is 9.86. The molecule has 3 nitrogen and oxygen atoms in total. The van der Waals surface area contributed by atoms with Crippen LogP contribution in [0.25, 0.3) is 11.0 Å². The second kappa shape index (κ2) is 4.03. The van der Waals surface area contributed by atoms with Gasteiger partial charge in [0, 0.05) is 5.41 Å². The van der Waals surface area contributed by atoms with Gasteiger partial charge < -0.3 is 9.72 Å². The third-order valence-electron chi connectivity index (χ3n) is 3.56. The largest absolute Gasteiger partial charge is 0.379 e. The maximum Gasteiger partial charge on any atom is 0.104 e. The van der Waals surface area contributed by atoms with E-state index in [4.69, 9.17) is 4.74 Å². The van der Waals surface area contributed by atoms with Crippen LogP contribution in [0.15, 0.2) is 18.2 Å². The third-order valence-corrected chi connectivity index (χ3v) is 3.78. The van der Waals surface area contributed by atoms with Gasteiger partial charge in [0.15, 0.2) is 0 Å². The highest BCUT2D eigenvalue weighted by molar-refractivity contribution is 7.80. The number of H-pyrrole nitrogens is 1. The Kier molecular flexibility index (Phi) is 2.64. The van der Waals surface area contributed by atoms with Crippen molar-refractivity contribution in [2.24, 2.45) is 0 Å². The molecule has 0 radical (unpaired) electrons. The Morgan fingerprint density at radius 3 is 2.94 bits per heavy atom. The zero-order valence-corrected chi connectivity index (χ0v) is 10.8. The van der Waals surface area contributed by atoms with Crippen LogP contribution in [0.4, 0.5) is 0 Å². The molecule has 0 unspecified atom stereocenters. The molecule has 1 saturated heterocycles. The number of rotatable bonds is 3. The fourth-order valence-electron chi connectivity index (χ4n) is 2.48. The van der Waals surface area contributed by atoms with Gasteiger partial charge in [-0.1, -0.05) is 6.07 Å². The minimum absolute atomic E-state index is 0.176. The molecule has 1 N–H and O–H groups in total. The van der Waals surface area contributed by atoms with Gasteiger partial charge in [0.2, 0.25) is 0 Å². The molecule has 1 aliphatic rings. The summed E-state index contributed by atoms with van der Waals surface area (Å²) in [5.41, 5.74) is 3.67. The Hall–Kier alpha value is -1.00. The molecule has 2 heterocycles. The second-order valence-electron chi connectivity index (χ2n) is 4.80. The Bertz CT molecular complexity index is 545. The van der Waals surface area contributed by atoms with Crippen molar-refractivity contribution in [3.63, 3.8) is 0 Å². The predicted octanol–water partition coefficient (Wildman–Crippen LogP) is 2.46. The maximum atomic E-state index is 5.40. The lowest BCUT2D eigenvalue weighted by Gasteiger charge is -2.41. The predicted molar refractivity (Wildman–Crippen MR) is 71.8 cm³/mol. The molecule has 0 atom stereocenters. The van der Waals surface area contributed by atoms with Crippen LogP contribution in [-0.2, 0) is 10.2 Å². The molecule has 1 aliphatic heterocycles. The molecule has 0 aliphatic carbocycles. The van der Waals surface area contributed by atoms with Crippen molar-refractivity contribution >= 4 is 23.7 Å². The van der Waals surface area contributed by atoms with E-state index in [2.05, 4.69) is 40.8 Å². The van der Waals surface area contributed by atoms with Gasteiger partial charge in [-0.3, -0.25) is 0 Å². The summed E-state index contributed by atoms with van der Waals surface area (Å²) in [7, 11) is 0. The number of hydrogen-bond donors (Lipinski definition) is 2. The number of imidazole rings is 1. The fraction of sp³-hybridized carbons (Fsp3) is 0.462. The van der Waals surface area contributed by atoms with Crippen molar-refractivity contribution in [1.29, 1.82) is 0 Å². The van der Waals surface area contributed by atoms with Crippen molar-refractivity contribution in [3.05, 3.63) is 29.6 Å². The summed E-state index contributed by atoms with van der Waals surface area (Å²) in [6.07, 6.45) is 1.06. The van der Waals surface area contributed by atoms with Gasteiger partial charge in [-0.05, 0) is 36.8 Å². The van der Waals surface area contributed by atoms with Crippen LogP contribution >= 0.6 is 12.6 Å². The van der Waals surface area contributed by atoms with E-state index in [1.54, 1.807) is 0 Å². The summed E-state index contributed by atoms with van der Waals surface area (Å²) in [6, 6.07) is 6.47. The highest BCUT2D eigenvalue weighted by Gasteiger charge is 2.39. The quantitative estimate of drug-likeness (QED) is 0.819. The average Bonchev–Trinajstić information content (AvgIpc) is 2.62. The summed E-state index contributed by atoms with van der Waals surface area (Å²) in [5, 5.41) is 0. The molecule has 1 aromatic carbocycles. The number of nitrogens with zero attached hydrogens (tertiary/aromatic N) is 1. The van der Waals surface area contributed by atoms with E-state index in [1.807, 2.05) is 6.92 Å². The smallest absolute Gasteiger partial charge is 0.104 e. The first-order valence-electron chi connectivity index (χ1n) is 5.89. The van der Waals surface area contributed by atoms with Gasteiger partial charge in [-0.2, -0.15) is 12.6 Å². The van der Waals surface area contributed by atoms with Crippen molar-refractivity contribution in [2.45, 2.75) is 18.8 Å². The van der Waals surface area contributed by atoms with Crippen LogP contribution in [0.1, 0.15) is 17.8 Å². The first-order valence-corrected chi connectivity index (χ1v) is 6.52. The fourth-order valence-corrected chi connectivity index (χ4v) is 2.91. The number of ether oxygens (including phenoxy) is 1. The Balaban J connectivity index is 2.04. The molecule has 1 aromatic heterocycles. The standard InChI is InChI=1S/C13H16N2OS/c1-9-14-11-3-2-10(6-12(11)15-9)13(4-5-17)7-16-8-13/h2-3,6,17H,4-5,7-8H2,1H3,(H,14,15). The number of aromatic amines is 1. The lowest BCUT2D eigenvalue weighted by atomic mass is 9.76. The number of hydrogen-bond acceptors (Lipinski definition) is 3. The summed E-state index contributed by atoms with van der Waals surface area (Å²) >= 11 is 4.35. The van der Waals surface area contributed by atoms with Crippen LogP contribution < -0.4 is 0 Å². The van der Waals surface area contributed by atoms with E-state index in [-0.39, 0.29) is 5.41 Å². The zero-order chi connectivity index (χ0) is 11.9. The molecular weight excluding hydrogens is 232 g/mol. The van der Waals surface area contributed by atoms with Crippen LogP contribution in [0, 0.1) is 6.92 Å². The maximum absolute atomic E-state index is 5.40. The first-order chi connectivity index (χ1) is 8.23. The number of thiol groups is 1. The van der Waals surface area contributed by atoms with E-state index in [1.165, 1.54) is 5.56 Å². The normalized spacial score (nSPS) is 18.2. The van der Waals surface area contributed by atoms with Gasteiger partial charge in [-0.25, -0.2) is 4.98 Å². The summed E-state index contributed by atoms with van der Waals surface area (Å²) in [5.74, 6) is 1.86. The molecule has 0 amide bonds. The Morgan fingerprint density at radius 1 is 1.47 bits per heavy atom.